The molecule has 0 aliphatic heterocycles. The van der Waals surface area contributed by atoms with Gasteiger partial charge in [0, 0.05) is 36.1 Å². The van der Waals surface area contributed by atoms with Crippen molar-refractivity contribution >= 4 is 16.3 Å². The van der Waals surface area contributed by atoms with Crippen LogP contribution in [-0.4, -0.2) is 23.2 Å². The number of hydrogen-bond donors (Lipinski definition) is 2. The Kier molecular flexibility index (Phi) is 4.90. The van der Waals surface area contributed by atoms with Gasteiger partial charge in [-0.05, 0) is 18.9 Å². The molecule has 2 N–H and O–H groups in total. The second-order valence-corrected chi connectivity index (χ2v) is 6.47. The van der Waals surface area contributed by atoms with E-state index in [1.54, 1.807) is 12.1 Å². The Balaban J connectivity index is 1.82. The number of nitrogens with one attached hydrogen (secondary N) is 1. The van der Waals surface area contributed by atoms with E-state index in [4.69, 9.17) is 0 Å². The average molecular weight is 284 g/mol. The molecule has 0 unspecified atom stereocenters. The van der Waals surface area contributed by atoms with Gasteiger partial charge in [0.05, 0.1) is 4.92 Å². The maximum Gasteiger partial charge on any atom is 0.324 e. The molecule has 6 heteroatoms. The lowest BCUT2D eigenvalue weighted by atomic mass is 9.74. The molecule has 1 saturated carbocycles. The summed E-state index contributed by atoms with van der Waals surface area (Å²) in [6, 6.07) is 3.34. The maximum absolute atomic E-state index is 10.6. The lowest BCUT2D eigenvalue weighted by Gasteiger charge is -2.35. The molecule has 1 aliphatic rings. The molecule has 19 heavy (non-hydrogen) atoms. The number of aliphatic hydroxyl groups is 1. The van der Waals surface area contributed by atoms with Crippen molar-refractivity contribution in [1.82, 2.24) is 5.32 Å². The molecule has 1 fully saturated rings. The molecule has 106 valence electrons. The Morgan fingerprint density at radius 2 is 2.11 bits per heavy atom. The summed E-state index contributed by atoms with van der Waals surface area (Å²) in [5.41, 5.74) is 0.0153. The van der Waals surface area contributed by atoms with Crippen LogP contribution in [0.15, 0.2) is 12.1 Å². The number of hydrogen-bond acceptors (Lipinski definition) is 5. The molecular formula is C13H20N2O3S. The Morgan fingerprint density at radius 1 is 1.37 bits per heavy atom. The van der Waals surface area contributed by atoms with Crippen LogP contribution in [0.5, 0.6) is 0 Å². The van der Waals surface area contributed by atoms with Crippen molar-refractivity contribution in [3.63, 3.8) is 0 Å². The number of nitrogens with zero attached hydrogens (tertiary/aromatic N) is 1. The molecule has 0 saturated heterocycles. The second-order valence-electron chi connectivity index (χ2n) is 5.32. The highest BCUT2D eigenvalue weighted by molar-refractivity contribution is 7.15. The highest BCUT2D eigenvalue weighted by atomic mass is 32.1. The van der Waals surface area contributed by atoms with E-state index < -0.39 is 0 Å². The van der Waals surface area contributed by atoms with E-state index >= 15 is 0 Å². The van der Waals surface area contributed by atoms with Crippen molar-refractivity contribution in [2.24, 2.45) is 5.41 Å². The minimum atomic E-state index is -0.357. The number of aliphatic hydroxyl groups excluding tert-OH is 1. The fourth-order valence-corrected chi connectivity index (χ4v) is 3.49. The van der Waals surface area contributed by atoms with Gasteiger partial charge in [-0.3, -0.25) is 10.1 Å². The largest absolute Gasteiger partial charge is 0.396 e. The Labute approximate surface area is 116 Å². The molecule has 1 heterocycles. The van der Waals surface area contributed by atoms with Crippen molar-refractivity contribution in [2.45, 2.75) is 38.6 Å². The molecule has 0 amide bonds. The molecular weight excluding hydrogens is 264 g/mol. The normalized spacial score (nSPS) is 18.4. The lowest BCUT2D eigenvalue weighted by Crippen LogP contribution is -2.38. The molecule has 1 aromatic rings. The van der Waals surface area contributed by atoms with Crippen LogP contribution >= 0.6 is 11.3 Å². The van der Waals surface area contributed by atoms with Gasteiger partial charge in [0.2, 0.25) is 0 Å². The quantitative estimate of drug-likeness (QED) is 0.622. The van der Waals surface area contributed by atoms with Crippen molar-refractivity contribution < 1.29 is 10.0 Å². The third-order valence-electron chi connectivity index (χ3n) is 3.88. The van der Waals surface area contributed by atoms with Crippen LogP contribution in [0, 0.1) is 15.5 Å². The Bertz CT molecular complexity index is 427. The van der Waals surface area contributed by atoms with E-state index in [1.165, 1.54) is 30.6 Å². The molecule has 1 aromatic heterocycles. The van der Waals surface area contributed by atoms with Crippen molar-refractivity contribution in [3.05, 3.63) is 27.1 Å². The Hall–Kier alpha value is -0.980. The van der Waals surface area contributed by atoms with Gasteiger partial charge in [-0.2, -0.15) is 0 Å². The summed E-state index contributed by atoms with van der Waals surface area (Å²) in [6.45, 7) is 1.65. The highest BCUT2D eigenvalue weighted by Crippen LogP contribution is 2.35. The fourth-order valence-electron chi connectivity index (χ4n) is 2.70. The molecule has 0 aromatic carbocycles. The molecule has 1 aliphatic carbocycles. The van der Waals surface area contributed by atoms with E-state index in [-0.39, 0.29) is 21.9 Å². The lowest BCUT2D eigenvalue weighted by molar-refractivity contribution is -0.380. The second kappa shape index (κ2) is 6.45. The van der Waals surface area contributed by atoms with E-state index in [0.29, 0.717) is 6.54 Å². The molecule has 0 radical (unpaired) electrons. The summed E-state index contributed by atoms with van der Waals surface area (Å²) in [5, 5.41) is 23.7. The molecule has 2 rings (SSSR count). The maximum atomic E-state index is 10.6. The molecule has 5 nitrogen and oxygen atoms in total. The van der Waals surface area contributed by atoms with E-state index in [0.717, 1.165) is 24.3 Å². The zero-order valence-corrected chi connectivity index (χ0v) is 11.7. The van der Waals surface area contributed by atoms with E-state index in [9.17, 15) is 15.2 Å². The number of thiophene rings is 1. The van der Waals surface area contributed by atoms with Crippen LogP contribution in [-0.2, 0) is 6.54 Å². The topological polar surface area (TPSA) is 75.4 Å². The fraction of sp³-hybridized carbons (Fsp3) is 0.692. The molecule has 0 bridgehead atoms. The first-order chi connectivity index (χ1) is 9.15. The SMILES string of the molecule is O=[N+]([O-])c1ccc(CNCC2(CO)CCCCC2)s1. The predicted molar refractivity (Wildman–Crippen MR) is 75.3 cm³/mol. The van der Waals surface area contributed by atoms with Crippen LogP contribution in [0.1, 0.15) is 37.0 Å². The summed E-state index contributed by atoms with van der Waals surface area (Å²) < 4.78 is 0. The third-order valence-corrected chi connectivity index (χ3v) is 4.91. The standard InChI is InChI=1S/C13H20N2O3S/c16-10-13(6-2-1-3-7-13)9-14-8-11-4-5-12(19-11)15(17)18/h4-5,14,16H,1-3,6-10H2. The average Bonchev–Trinajstić information content (AvgIpc) is 2.89. The van der Waals surface area contributed by atoms with Crippen LogP contribution < -0.4 is 5.32 Å². The summed E-state index contributed by atoms with van der Waals surface area (Å²) >= 11 is 1.21. The van der Waals surface area contributed by atoms with Crippen LogP contribution in [0.4, 0.5) is 5.00 Å². The van der Waals surface area contributed by atoms with E-state index in [2.05, 4.69) is 5.32 Å². The van der Waals surface area contributed by atoms with Gasteiger partial charge in [-0.1, -0.05) is 30.6 Å². The van der Waals surface area contributed by atoms with Crippen molar-refractivity contribution in [2.75, 3.05) is 13.2 Å². The minimum absolute atomic E-state index is 0.0153. The van der Waals surface area contributed by atoms with Gasteiger partial charge in [0.15, 0.2) is 0 Å². The molecule has 0 atom stereocenters. The molecule has 0 spiro atoms. The van der Waals surface area contributed by atoms with Crippen molar-refractivity contribution in [3.8, 4) is 0 Å². The first-order valence-corrected chi connectivity index (χ1v) is 7.52. The summed E-state index contributed by atoms with van der Waals surface area (Å²) in [4.78, 5) is 11.2. The van der Waals surface area contributed by atoms with Gasteiger partial charge >= 0.3 is 5.00 Å². The summed E-state index contributed by atoms with van der Waals surface area (Å²) in [5.74, 6) is 0. The van der Waals surface area contributed by atoms with Crippen LogP contribution in [0.25, 0.3) is 0 Å². The zero-order chi connectivity index (χ0) is 13.7. The summed E-state index contributed by atoms with van der Waals surface area (Å²) in [6.07, 6.45) is 5.78. The predicted octanol–water partition coefficient (Wildman–Crippen LogP) is 2.69. The van der Waals surface area contributed by atoms with Gasteiger partial charge in [0.25, 0.3) is 0 Å². The van der Waals surface area contributed by atoms with Gasteiger partial charge in [0.1, 0.15) is 0 Å². The Morgan fingerprint density at radius 3 is 2.68 bits per heavy atom. The zero-order valence-electron chi connectivity index (χ0n) is 10.9. The smallest absolute Gasteiger partial charge is 0.324 e. The monoisotopic (exact) mass is 284 g/mol. The van der Waals surface area contributed by atoms with Crippen LogP contribution in [0.2, 0.25) is 0 Å². The van der Waals surface area contributed by atoms with E-state index in [1.807, 2.05) is 0 Å². The van der Waals surface area contributed by atoms with Crippen molar-refractivity contribution in [1.29, 1.82) is 0 Å². The minimum Gasteiger partial charge on any atom is -0.396 e. The van der Waals surface area contributed by atoms with Gasteiger partial charge in [-0.15, -0.1) is 0 Å². The third kappa shape index (κ3) is 3.75. The number of nitro groups is 1. The van der Waals surface area contributed by atoms with Gasteiger partial charge in [-0.25, -0.2) is 0 Å². The highest BCUT2D eigenvalue weighted by Gasteiger charge is 2.30. The first kappa shape index (κ1) is 14.4. The first-order valence-electron chi connectivity index (χ1n) is 6.70. The van der Waals surface area contributed by atoms with Crippen LogP contribution in [0.3, 0.4) is 0 Å². The summed E-state index contributed by atoms with van der Waals surface area (Å²) in [7, 11) is 0. The number of rotatable bonds is 6. The van der Waals surface area contributed by atoms with Gasteiger partial charge < -0.3 is 10.4 Å².